The summed E-state index contributed by atoms with van der Waals surface area (Å²) in [4.78, 5) is 13.2. The third-order valence-electron chi connectivity index (χ3n) is 16.3. The highest BCUT2D eigenvalue weighted by Crippen LogP contribution is 2.24. The van der Waals surface area contributed by atoms with E-state index in [0.29, 0.717) is 19.3 Å². The van der Waals surface area contributed by atoms with Crippen molar-refractivity contribution in [3.63, 3.8) is 0 Å². The molecule has 1 aliphatic heterocycles. The third kappa shape index (κ3) is 44.6. The quantitative estimate of drug-likeness (QED) is 0.0215. The number of amides is 1. The van der Waals surface area contributed by atoms with Crippen molar-refractivity contribution in [2.45, 2.75) is 371 Å². The lowest BCUT2D eigenvalue weighted by Crippen LogP contribution is -2.60. The van der Waals surface area contributed by atoms with E-state index in [0.717, 1.165) is 44.9 Å². The fourth-order valence-electron chi connectivity index (χ4n) is 10.8. The number of unbranched alkanes of at least 4 members (excludes halogenated alkanes) is 39. The van der Waals surface area contributed by atoms with Gasteiger partial charge in [-0.2, -0.15) is 0 Å². The highest BCUT2D eigenvalue weighted by molar-refractivity contribution is 5.80. The van der Waals surface area contributed by atoms with Gasteiger partial charge in [0.25, 0.3) is 0 Å². The number of carbonyl (C=O) groups excluding carboxylic acids is 1. The van der Waals surface area contributed by atoms with Gasteiger partial charge in [0.2, 0.25) is 5.91 Å². The summed E-state index contributed by atoms with van der Waals surface area (Å²) in [5.74, 6) is -0.709. The van der Waals surface area contributed by atoms with E-state index in [-0.39, 0.29) is 12.8 Å². The minimum Gasteiger partial charge on any atom is -0.394 e. The summed E-state index contributed by atoms with van der Waals surface area (Å²) in [5.41, 5.74) is 0. The van der Waals surface area contributed by atoms with Crippen molar-refractivity contribution in [1.82, 2.24) is 5.32 Å². The number of rotatable bonds is 59. The smallest absolute Gasteiger partial charge is 0.249 e. The van der Waals surface area contributed by atoms with E-state index in [2.05, 4.69) is 67.8 Å². The van der Waals surface area contributed by atoms with Gasteiger partial charge in [0, 0.05) is 0 Å². The Bertz CT molecular complexity index is 1440. The van der Waals surface area contributed by atoms with Crippen LogP contribution in [0.1, 0.15) is 316 Å². The van der Waals surface area contributed by atoms with Crippen LogP contribution in [0.4, 0.5) is 0 Å². The van der Waals surface area contributed by atoms with Crippen LogP contribution in [0.25, 0.3) is 0 Å². The minimum atomic E-state index is -1.67. The summed E-state index contributed by atoms with van der Waals surface area (Å²) in [6.45, 7) is 3.48. The molecule has 0 aliphatic carbocycles. The molecule has 1 amide bonds. The summed E-state index contributed by atoms with van der Waals surface area (Å²) in [7, 11) is 0. The maximum Gasteiger partial charge on any atom is 0.249 e. The standard InChI is InChI=1S/C69H129NO10/c1-3-5-7-9-11-13-15-17-19-21-23-25-27-29-30-31-33-35-37-39-41-43-45-47-49-51-53-55-57-62(73)68(78)70-60(59-79-69-67(77)66(76)65(75)63(58-71)80-69)64(74)61(72)56-54-52-50-48-46-44-42-40-38-36-34-32-28-26-24-22-20-18-16-14-12-10-8-6-4-2/h23,25,29-30,40,42,48,50,60-67,69,71-77H,3-22,24,26-28,31-39,41,43-47,49,51-59H2,1-2H3,(H,70,78)/b25-23-,30-29-,42-40+,50-48+. The molecule has 1 saturated heterocycles. The number of nitrogens with one attached hydrogen (secondary N) is 1. The van der Waals surface area contributed by atoms with Crippen LogP contribution in [0.3, 0.4) is 0 Å². The Hall–Kier alpha value is -1.93. The van der Waals surface area contributed by atoms with Crippen molar-refractivity contribution in [3.05, 3.63) is 48.6 Å². The van der Waals surface area contributed by atoms with E-state index in [1.807, 2.05) is 0 Å². The first-order chi connectivity index (χ1) is 39.2. The summed E-state index contributed by atoms with van der Waals surface area (Å²) >= 11 is 0. The maximum atomic E-state index is 13.2. The Labute approximate surface area is 491 Å². The Morgan fingerprint density at radius 2 is 0.787 bits per heavy atom. The van der Waals surface area contributed by atoms with Crippen molar-refractivity contribution in [2.75, 3.05) is 13.2 Å². The Balaban J connectivity index is 2.26. The number of carbonyl (C=O) groups is 1. The van der Waals surface area contributed by atoms with Crippen LogP contribution in [-0.4, -0.2) is 110 Å². The van der Waals surface area contributed by atoms with E-state index in [1.54, 1.807) is 0 Å². The molecule has 1 rings (SSSR count). The predicted octanol–water partition coefficient (Wildman–Crippen LogP) is 16.0. The fraction of sp³-hybridized carbons (Fsp3) is 0.870. The molecule has 0 aromatic carbocycles. The van der Waals surface area contributed by atoms with Crippen molar-refractivity contribution < 1.29 is 50.0 Å². The van der Waals surface area contributed by atoms with Gasteiger partial charge in [-0.3, -0.25) is 4.79 Å². The minimum absolute atomic E-state index is 0.246. The molecule has 0 spiro atoms. The molecule has 470 valence electrons. The van der Waals surface area contributed by atoms with Crippen molar-refractivity contribution in [2.24, 2.45) is 0 Å². The topological polar surface area (TPSA) is 189 Å². The highest BCUT2D eigenvalue weighted by Gasteiger charge is 2.44. The monoisotopic (exact) mass is 1130 g/mol. The molecule has 9 unspecified atom stereocenters. The van der Waals surface area contributed by atoms with Gasteiger partial charge in [-0.25, -0.2) is 0 Å². The number of aliphatic hydroxyl groups excluding tert-OH is 7. The first kappa shape index (κ1) is 76.1. The average Bonchev–Trinajstić information content (AvgIpc) is 3.47. The van der Waals surface area contributed by atoms with E-state index < -0.39 is 74.2 Å². The number of hydrogen-bond donors (Lipinski definition) is 8. The van der Waals surface area contributed by atoms with Gasteiger partial charge >= 0.3 is 0 Å². The summed E-state index contributed by atoms with van der Waals surface area (Å²) in [6, 6.07) is -1.19. The second kappa shape index (κ2) is 57.5. The molecule has 11 heteroatoms. The van der Waals surface area contributed by atoms with Gasteiger partial charge in [0.05, 0.1) is 25.4 Å². The second-order valence-corrected chi connectivity index (χ2v) is 23.9. The molecule has 0 bridgehead atoms. The zero-order valence-electron chi connectivity index (χ0n) is 51.8. The molecule has 1 heterocycles. The molecule has 8 N–H and O–H groups in total. The number of allylic oxidation sites excluding steroid dienone is 8. The third-order valence-corrected chi connectivity index (χ3v) is 16.3. The van der Waals surface area contributed by atoms with Crippen LogP contribution in [0.15, 0.2) is 48.6 Å². The molecule has 9 atom stereocenters. The van der Waals surface area contributed by atoms with E-state index in [1.165, 1.54) is 225 Å². The Morgan fingerprint density at radius 3 is 1.19 bits per heavy atom. The van der Waals surface area contributed by atoms with Gasteiger partial charge in [-0.1, -0.05) is 281 Å². The van der Waals surface area contributed by atoms with Crippen LogP contribution >= 0.6 is 0 Å². The first-order valence-corrected chi connectivity index (χ1v) is 34.0. The van der Waals surface area contributed by atoms with Crippen LogP contribution in [0.2, 0.25) is 0 Å². The van der Waals surface area contributed by atoms with Crippen molar-refractivity contribution in [3.8, 4) is 0 Å². The van der Waals surface area contributed by atoms with E-state index >= 15 is 0 Å². The summed E-state index contributed by atoms with van der Waals surface area (Å²) in [6.07, 6.45) is 63.3. The molecule has 1 fully saturated rings. The predicted molar refractivity (Wildman–Crippen MR) is 335 cm³/mol. The molecule has 0 aromatic rings. The first-order valence-electron chi connectivity index (χ1n) is 34.0. The van der Waals surface area contributed by atoms with Crippen LogP contribution < -0.4 is 5.32 Å². The van der Waals surface area contributed by atoms with Crippen LogP contribution in [0.5, 0.6) is 0 Å². The van der Waals surface area contributed by atoms with Crippen molar-refractivity contribution >= 4 is 5.91 Å². The highest BCUT2D eigenvalue weighted by atomic mass is 16.7. The molecule has 0 aromatic heterocycles. The van der Waals surface area contributed by atoms with Crippen molar-refractivity contribution in [1.29, 1.82) is 0 Å². The average molecular weight is 1130 g/mol. The van der Waals surface area contributed by atoms with Gasteiger partial charge in [-0.15, -0.1) is 0 Å². The van der Waals surface area contributed by atoms with Gasteiger partial charge < -0.3 is 50.5 Å². The lowest BCUT2D eigenvalue weighted by atomic mass is 9.98. The van der Waals surface area contributed by atoms with Gasteiger partial charge in [-0.05, 0) is 83.5 Å². The molecular formula is C69H129NO10. The molecule has 80 heavy (non-hydrogen) atoms. The van der Waals surface area contributed by atoms with E-state index in [4.69, 9.17) is 9.47 Å². The summed E-state index contributed by atoms with van der Waals surface area (Å²) in [5, 5.41) is 76.4. The SMILES string of the molecule is CCCCCCCCCCC/C=C\C/C=C\CCCCCCCCCCCCCCC(O)C(=O)NC(COC1OC(CO)C(O)C(O)C1O)C(O)C(O)CCC/C=C/CC/C=C/CCCCCCCCCCCCCCCCCC. The van der Waals surface area contributed by atoms with Crippen LogP contribution in [0, 0.1) is 0 Å². The maximum absolute atomic E-state index is 13.2. The number of ether oxygens (including phenoxy) is 2. The Kier molecular flexibility index (Phi) is 54.7. The molecule has 0 saturated carbocycles. The normalized spacial score (nSPS) is 19.5. The Morgan fingerprint density at radius 1 is 0.438 bits per heavy atom. The summed E-state index contributed by atoms with van der Waals surface area (Å²) < 4.78 is 11.2. The lowest BCUT2D eigenvalue weighted by Gasteiger charge is -2.40. The van der Waals surface area contributed by atoms with Gasteiger partial charge in [0.1, 0.15) is 36.6 Å². The molecular weight excluding hydrogens is 1000 g/mol. The lowest BCUT2D eigenvalue weighted by molar-refractivity contribution is -0.303. The number of aliphatic hydroxyl groups is 7. The largest absolute Gasteiger partial charge is 0.394 e. The second-order valence-electron chi connectivity index (χ2n) is 23.9. The molecule has 1 aliphatic rings. The fourth-order valence-corrected chi connectivity index (χ4v) is 10.8. The molecule has 11 nitrogen and oxygen atoms in total. The van der Waals surface area contributed by atoms with E-state index in [9.17, 15) is 40.5 Å². The molecule has 0 radical (unpaired) electrons. The number of hydrogen-bond acceptors (Lipinski definition) is 10. The zero-order chi connectivity index (χ0) is 58.2. The van der Waals surface area contributed by atoms with Gasteiger partial charge in [0.15, 0.2) is 6.29 Å². The zero-order valence-corrected chi connectivity index (χ0v) is 51.8. The van der Waals surface area contributed by atoms with Crippen LogP contribution in [-0.2, 0) is 14.3 Å².